The van der Waals surface area contributed by atoms with Crippen LogP contribution in [0.5, 0.6) is 0 Å². The Morgan fingerprint density at radius 3 is 2.00 bits per heavy atom. The van der Waals surface area contributed by atoms with E-state index in [1.165, 1.54) is 0 Å². The summed E-state index contributed by atoms with van der Waals surface area (Å²) in [5.41, 5.74) is 0. The number of hydrogen-bond donors (Lipinski definition) is 1. The lowest BCUT2D eigenvalue weighted by atomic mass is 10.3. The molecule has 2 atom stereocenters. The maximum absolute atomic E-state index is 10.4. The molecule has 2 nitrogen and oxygen atoms in total. The third-order valence-electron chi connectivity index (χ3n) is 1.73. The van der Waals surface area contributed by atoms with E-state index in [9.17, 15) is 4.79 Å². The first-order valence-electron chi connectivity index (χ1n) is 2.73. The molecule has 0 amide bonds. The van der Waals surface area contributed by atoms with Crippen LogP contribution in [0.15, 0.2) is 0 Å². The van der Waals surface area contributed by atoms with Gasteiger partial charge in [-0.05, 0) is 0 Å². The van der Waals surface area contributed by atoms with Crippen LogP contribution in [0.3, 0.4) is 0 Å². The SMILES string of the molecule is O=C(O)C1C(Cl)(Cl)C1(Cl)CCl. The zero-order valence-electron chi connectivity index (χ0n) is 5.15. The third-order valence-corrected chi connectivity index (χ3v) is 4.25. The van der Waals surface area contributed by atoms with Gasteiger partial charge in [0.05, 0.1) is 0 Å². The van der Waals surface area contributed by atoms with E-state index in [1.54, 1.807) is 0 Å². The molecule has 1 aliphatic carbocycles. The Labute approximate surface area is 83.4 Å². The van der Waals surface area contributed by atoms with Crippen LogP contribution in [0.2, 0.25) is 0 Å². The molecule has 0 bridgehead atoms. The Bertz CT molecular complexity index is 205. The van der Waals surface area contributed by atoms with Crippen LogP contribution in [-0.2, 0) is 4.79 Å². The molecule has 1 aliphatic rings. The second-order valence-electron chi connectivity index (χ2n) is 2.39. The van der Waals surface area contributed by atoms with Crippen LogP contribution in [0.4, 0.5) is 0 Å². The highest BCUT2D eigenvalue weighted by molar-refractivity contribution is 6.61. The molecule has 1 saturated carbocycles. The second kappa shape index (κ2) is 2.56. The van der Waals surface area contributed by atoms with Gasteiger partial charge in [-0.25, -0.2) is 0 Å². The van der Waals surface area contributed by atoms with Crippen LogP contribution < -0.4 is 0 Å². The van der Waals surface area contributed by atoms with Gasteiger partial charge in [0, 0.05) is 5.88 Å². The van der Waals surface area contributed by atoms with Crippen molar-refractivity contribution in [2.45, 2.75) is 9.21 Å². The molecule has 2 unspecified atom stereocenters. The van der Waals surface area contributed by atoms with Crippen LogP contribution in [-0.4, -0.2) is 26.2 Å². The Balaban J connectivity index is 2.83. The summed E-state index contributed by atoms with van der Waals surface area (Å²) in [5.74, 6) is -2.17. The van der Waals surface area contributed by atoms with Gasteiger partial charge in [0.2, 0.25) is 0 Å². The molecule has 0 aliphatic heterocycles. The normalized spacial score (nSPS) is 40.2. The molecule has 0 aromatic heterocycles. The fourth-order valence-electron chi connectivity index (χ4n) is 0.943. The van der Waals surface area contributed by atoms with E-state index in [1.807, 2.05) is 0 Å². The van der Waals surface area contributed by atoms with Crippen LogP contribution >= 0.6 is 46.4 Å². The molecule has 0 aromatic rings. The van der Waals surface area contributed by atoms with Gasteiger partial charge in [-0.15, -0.1) is 23.2 Å². The van der Waals surface area contributed by atoms with Gasteiger partial charge in [0.15, 0.2) is 4.33 Å². The highest BCUT2D eigenvalue weighted by Crippen LogP contribution is 2.66. The van der Waals surface area contributed by atoms with Crippen molar-refractivity contribution >= 4 is 52.4 Å². The number of alkyl halides is 4. The van der Waals surface area contributed by atoms with Gasteiger partial charge in [-0.2, -0.15) is 0 Å². The minimum Gasteiger partial charge on any atom is -0.481 e. The van der Waals surface area contributed by atoms with E-state index < -0.39 is 21.1 Å². The fourth-order valence-corrected chi connectivity index (χ4v) is 2.67. The molecule has 0 spiro atoms. The maximum atomic E-state index is 10.4. The van der Waals surface area contributed by atoms with Gasteiger partial charge in [0.25, 0.3) is 0 Å². The molecule has 1 N–H and O–H groups in total. The summed E-state index contributed by atoms with van der Waals surface area (Å²) in [6.07, 6.45) is 0. The highest BCUT2D eigenvalue weighted by atomic mass is 35.5. The molecular formula is C5H4Cl4O2. The highest BCUT2D eigenvalue weighted by Gasteiger charge is 2.79. The summed E-state index contributed by atoms with van der Waals surface area (Å²) in [4.78, 5) is 9.23. The summed E-state index contributed by atoms with van der Waals surface area (Å²) in [5, 5.41) is 8.54. The van der Waals surface area contributed by atoms with Crippen molar-refractivity contribution in [3.8, 4) is 0 Å². The molecule has 0 aromatic carbocycles. The van der Waals surface area contributed by atoms with Gasteiger partial charge < -0.3 is 5.11 Å². The van der Waals surface area contributed by atoms with Crippen LogP contribution in [0, 0.1) is 5.92 Å². The Morgan fingerprint density at radius 1 is 1.45 bits per heavy atom. The second-order valence-corrected chi connectivity index (χ2v) is 4.72. The van der Waals surface area contributed by atoms with Gasteiger partial charge in [0.1, 0.15) is 10.8 Å². The van der Waals surface area contributed by atoms with E-state index >= 15 is 0 Å². The molecule has 6 heteroatoms. The topological polar surface area (TPSA) is 37.3 Å². The summed E-state index contributed by atoms with van der Waals surface area (Å²) in [7, 11) is 0. The van der Waals surface area contributed by atoms with E-state index in [2.05, 4.69) is 0 Å². The Kier molecular flexibility index (Phi) is 2.26. The van der Waals surface area contributed by atoms with Crippen molar-refractivity contribution in [3.05, 3.63) is 0 Å². The number of rotatable bonds is 2. The lowest BCUT2D eigenvalue weighted by molar-refractivity contribution is -0.138. The number of hydrogen-bond acceptors (Lipinski definition) is 1. The average molecular weight is 238 g/mol. The zero-order chi connectivity index (χ0) is 8.86. The number of carboxylic acids is 1. The van der Waals surface area contributed by atoms with E-state index in [4.69, 9.17) is 51.5 Å². The van der Waals surface area contributed by atoms with E-state index in [0.29, 0.717) is 0 Å². The predicted octanol–water partition coefficient (Wildman–Crippen LogP) is 2.09. The summed E-state index contributed by atoms with van der Waals surface area (Å²) >= 11 is 22.3. The zero-order valence-corrected chi connectivity index (χ0v) is 8.18. The Hall–Kier alpha value is 0.630. The van der Waals surface area contributed by atoms with Crippen molar-refractivity contribution in [1.29, 1.82) is 0 Å². The monoisotopic (exact) mass is 236 g/mol. The molecule has 11 heavy (non-hydrogen) atoms. The number of carboxylic acid groups (broad SMARTS) is 1. The first-order chi connectivity index (χ1) is 4.88. The summed E-state index contributed by atoms with van der Waals surface area (Å²) < 4.78 is -1.43. The van der Waals surface area contributed by atoms with E-state index in [-0.39, 0.29) is 5.88 Å². The molecule has 0 radical (unpaired) electrons. The Morgan fingerprint density at radius 2 is 1.91 bits per heavy atom. The minimum absolute atomic E-state index is 0.0709. The smallest absolute Gasteiger partial charge is 0.311 e. The first-order valence-corrected chi connectivity index (χ1v) is 4.40. The van der Waals surface area contributed by atoms with Gasteiger partial charge >= 0.3 is 5.97 Å². The molecule has 0 heterocycles. The van der Waals surface area contributed by atoms with Crippen LogP contribution in [0.25, 0.3) is 0 Å². The summed E-state index contributed by atoms with van der Waals surface area (Å²) in [6, 6.07) is 0. The van der Waals surface area contributed by atoms with Gasteiger partial charge in [-0.1, -0.05) is 23.2 Å². The third kappa shape index (κ3) is 1.12. The van der Waals surface area contributed by atoms with Crippen molar-refractivity contribution in [2.75, 3.05) is 5.88 Å². The van der Waals surface area contributed by atoms with Crippen LogP contribution in [0.1, 0.15) is 0 Å². The fraction of sp³-hybridized carbons (Fsp3) is 0.800. The maximum Gasteiger partial charge on any atom is 0.311 e. The van der Waals surface area contributed by atoms with Crippen molar-refractivity contribution in [2.24, 2.45) is 5.92 Å². The number of carbonyl (C=O) groups is 1. The summed E-state index contributed by atoms with van der Waals surface area (Å²) in [6.45, 7) is 0. The molecule has 1 fully saturated rings. The molecule has 64 valence electrons. The largest absolute Gasteiger partial charge is 0.481 e. The van der Waals surface area contributed by atoms with Crippen molar-refractivity contribution < 1.29 is 9.90 Å². The van der Waals surface area contributed by atoms with Crippen molar-refractivity contribution in [3.63, 3.8) is 0 Å². The van der Waals surface area contributed by atoms with E-state index in [0.717, 1.165) is 0 Å². The quantitative estimate of drug-likeness (QED) is 0.747. The number of aliphatic carboxylic acids is 1. The minimum atomic E-state index is -1.43. The standard InChI is InChI=1S/C5H4Cl4O2/c6-1-4(7)2(3(10)11)5(4,8)9/h2H,1H2,(H,10,11). The predicted molar refractivity (Wildman–Crippen MR) is 44.9 cm³/mol. The lowest BCUT2D eigenvalue weighted by Gasteiger charge is -2.00. The van der Waals surface area contributed by atoms with Crippen molar-refractivity contribution in [1.82, 2.24) is 0 Å². The van der Waals surface area contributed by atoms with Gasteiger partial charge in [-0.3, -0.25) is 4.79 Å². The number of halogens is 4. The molecule has 0 saturated heterocycles. The lowest BCUT2D eigenvalue weighted by Crippen LogP contribution is -2.12. The molecular weight excluding hydrogens is 234 g/mol. The first kappa shape index (κ1) is 9.72. The molecule has 1 rings (SSSR count). The average Bonchev–Trinajstić information content (AvgIpc) is 2.29.